The van der Waals surface area contributed by atoms with Crippen LogP contribution in [0.5, 0.6) is 0 Å². The fourth-order valence-electron chi connectivity index (χ4n) is 2.03. The predicted molar refractivity (Wildman–Crippen MR) is 65.0 cm³/mol. The summed E-state index contributed by atoms with van der Waals surface area (Å²) in [4.78, 5) is 10.7. The Labute approximate surface area is 99.0 Å². The molecule has 1 aliphatic heterocycles. The molecule has 1 fully saturated rings. The Hall–Kier alpha value is -0.640. The van der Waals surface area contributed by atoms with Gasteiger partial charge in [-0.05, 0) is 34.2 Å². The van der Waals surface area contributed by atoms with Gasteiger partial charge in [-0.2, -0.15) is 0 Å². The smallest absolute Gasteiger partial charge is 0.146 e. The van der Waals surface area contributed by atoms with Crippen LogP contribution in [-0.2, 0) is 0 Å². The summed E-state index contributed by atoms with van der Waals surface area (Å²) in [5.74, 6) is 1.03. The van der Waals surface area contributed by atoms with Gasteiger partial charge in [-0.15, -0.1) is 0 Å². The number of aromatic nitrogens is 2. The lowest BCUT2D eigenvalue weighted by molar-refractivity contribution is 0.355. The molecular weight excluding hydrogens is 254 g/mol. The van der Waals surface area contributed by atoms with Gasteiger partial charge in [0.25, 0.3) is 0 Å². The van der Waals surface area contributed by atoms with Gasteiger partial charge in [0.1, 0.15) is 12.1 Å². The molecule has 2 heterocycles. The van der Waals surface area contributed by atoms with Crippen LogP contribution in [0, 0.1) is 5.41 Å². The molecule has 0 spiro atoms. The van der Waals surface area contributed by atoms with Crippen LogP contribution in [0.3, 0.4) is 0 Å². The highest BCUT2D eigenvalue weighted by atomic mass is 79.9. The summed E-state index contributed by atoms with van der Waals surface area (Å²) in [7, 11) is 0. The molecule has 1 aromatic heterocycles. The van der Waals surface area contributed by atoms with Gasteiger partial charge in [0.05, 0.1) is 4.47 Å². The summed E-state index contributed by atoms with van der Waals surface area (Å²) in [6.07, 6.45) is 5.90. The Kier molecular flexibility index (Phi) is 2.96. The van der Waals surface area contributed by atoms with Crippen LogP contribution in [0.2, 0.25) is 0 Å². The summed E-state index contributed by atoms with van der Waals surface area (Å²) in [5, 5.41) is 0. The first kappa shape index (κ1) is 10.9. The highest BCUT2D eigenvalue weighted by Gasteiger charge is 2.33. The van der Waals surface area contributed by atoms with Gasteiger partial charge in [-0.1, -0.05) is 13.8 Å². The summed E-state index contributed by atoms with van der Waals surface area (Å²) < 4.78 is 0.991. The molecule has 1 aliphatic rings. The average Bonchev–Trinajstić information content (AvgIpc) is 2.63. The van der Waals surface area contributed by atoms with E-state index in [1.165, 1.54) is 12.8 Å². The Morgan fingerprint density at radius 2 is 2.40 bits per heavy atom. The van der Waals surface area contributed by atoms with Crippen molar-refractivity contribution in [3.8, 4) is 0 Å². The van der Waals surface area contributed by atoms with E-state index in [2.05, 4.69) is 44.6 Å². The molecule has 2 rings (SSSR count). The largest absolute Gasteiger partial charge is 0.355 e. The molecule has 82 valence electrons. The first-order valence-electron chi connectivity index (χ1n) is 5.35. The molecule has 0 radical (unpaired) electrons. The fourth-order valence-corrected chi connectivity index (χ4v) is 2.50. The molecule has 4 heteroatoms. The molecule has 1 unspecified atom stereocenters. The van der Waals surface area contributed by atoms with Crippen molar-refractivity contribution in [3.05, 3.63) is 17.0 Å². The van der Waals surface area contributed by atoms with Crippen molar-refractivity contribution in [2.75, 3.05) is 18.0 Å². The van der Waals surface area contributed by atoms with E-state index in [0.717, 1.165) is 23.4 Å². The molecule has 1 saturated heterocycles. The zero-order chi connectivity index (χ0) is 10.9. The van der Waals surface area contributed by atoms with E-state index in [1.807, 2.05) is 6.20 Å². The van der Waals surface area contributed by atoms with Crippen LogP contribution < -0.4 is 4.90 Å². The minimum absolute atomic E-state index is 0.449. The van der Waals surface area contributed by atoms with Crippen LogP contribution in [-0.4, -0.2) is 23.1 Å². The lowest BCUT2D eigenvalue weighted by Crippen LogP contribution is -2.25. The van der Waals surface area contributed by atoms with E-state index >= 15 is 0 Å². The zero-order valence-corrected chi connectivity index (χ0v) is 10.8. The number of anilines is 1. The second-order valence-corrected chi connectivity index (χ2v) is 5.38. The van der Waals surface area contributed by atoms with Crippen LogP contribution >= 0.6 is 15.9 Å². The quantitative estimate of drug-likeness (QED) is 0.827. The third-order valence-electron chi connectivity index (χ3n) is 3.36. The van der Waals surface area contributed by atoms with Crippen LogP contribution in [0.1, 0.15) is 26.7 Å². The zero-order valence-electron chi connectivity index (χ0n) is 9.20. The third-order valence-corrected chi connectivity index (χ3v) is 3.92. The Morgan fingerprint density at radius 3 is 3.00 bits per heavy atom. The van der Waals surface area contributed by atoms with E-state index in [-0.39, 0.29) is 0 Å². The topological polar surface area (TPSA) is 29.0 Å². The van der Waals surface area contributed by atoms with Gasteiger partial charge in [0.15, 0.2) is 0 Å². The van der Waals surface area contributed by atoms with Gasteiger partial charge in [0.2, 0.25) is 0 Å². The van der Waals surface area contributed by atoms with E-state index in [9.17, 15) is 0 Å². The molecular formula is C11H16BrN3. The average molecular weight is 270 g/mol. The molecule has 0 saturated carbocycles. The van der Waals surface area contributed by atoms with Crippen LogP contribution in [0.15, 0.2) is 17.0 Å². The standard InChI is InChI=1S/C11H16BrN3/c1-3-11(2)4-5-15(7-11)10-9(12)6-13-8-14-10/h6,8H,3-5,7H2,1-2H3. The third kappa shape index (κ3) is 2.14. The van der Waals surface area contributed by atoms with Crippen molar-refractivity contribution in [1.29, 1.82) is 0 Å². The Balaban J connectivity index is 2.18. The van der Waals surface area contributed by atoms with Crippen molar-refractivity contribution in [3.63, 3.8) is 0 Å². The van der Waals surface area contributed by atoms with Gasteiger partial charge < -0.3 is 4.90 Å². The number of halogens is 1. The lowest BCUT2D eigenvalue weighted by Gasteiger charge is -2.23. The van der Waals surface area contributed by atoms with Gasteiger partial charge in [0, 0.05) is 19.3 Å². The molecule has 0 amide bonds. The minimum Gasteiger partial charge on any atom is -0.355 e. The summed E-state index contributed by atoms with van der Waals surface area (Å²) >= 11 is 3.50. The summed E-state index contributed by atoms with van der Waals surface area (Å²) in [5.41, 5.74) is 0.449. The highest BCUT2D eigenvalue weighted by molar-refractivity contribution is 9.10. The molecule has 15 heavy (non-hydrogen) atoms. The first-order chi connectivity index (χ1) is 7.14. The van der Waals surface area contributed by atoms with Crippen LogP contribution in [0.4, 0.5) is 5.82 Å². The normalized spacial score (nSPS) is 25.9. The first-order valence-corrected chi connectivity index (χ1v) is 6.14. The number of rotatable bonds is 2. The Bertz CT molecular complexity index is 355. The molecule has 0 aromatic carbocycles. The molecule has 1 aromatic rings. The molecule has 0 bridgehead atoms. The summed E-state index contributed by atoms with van der Waals surface area (Å²) in [6.45, 7) is 6.81. The predicted octanol–water partition coefficient (Wildman–Crippen LogP) is 2.87. The molecule has 0 N–H and O–H groups in total. The van der Waals surface area contributed by atoms with Gasteiger partial charge in [-0.3, -0.25) is 0 Å². The molecule has 1 atom stereocenters. The second kappa shape index (κ2) is 4.08. The molecule has 0 aliphatic carbocycles. The van der Waals surface area contributed by atoms with E-state index in [1.54, 1.807) is 6.33 Å². The van der Waals surface area contributed by atoms with Crippen molar-refractivity contribution in [2.24, 2.45) is 5.41 Å². The van der Waals surface area contributed by atoms with Gasteiger partial charge >= 0.3 is 0 Å². The Morgan fingerprint density at radius 1 is 1.60 bits per heavy atom. The van der Waals surface area contributed by atoms with Crippen molar-refractivity contribution < 1.29 is 0 Å². The number of hydrogen-bond acceptors (Lipinski definition) is 3. The fraction of sp³-hybridized carbons (Fsp3) is 0.636. The molecule has 3 nitrogen and oxygen atoms in total. The summed E-state index contributed by atoms with van der Waals surface area (Å²) in [6, 6.07) is 0. The number of hydrogen-bond donors (Lipinski definition) is 0. The van der Waals surface area contributed by atoms with Gasteiger partial charge in [-0.25, -0.2) is 9.97 Å². The highest BCUT2D eigenvalue weighted by Crippen LogP contribution is 2.36. The SMILES string of the molecule is CCC1(C)CCN(c2ncncc2Br)C1. The van der Waals surface area contributed by atoms with E-state index in [0.29, 0.717) is 5.41 Å². The van der Waals surface area contributed by atoms with Crippen molar-refractivity contribution in [2.45, 2.75) is 26.7 Å². The monoisotopic (exact) mass is 269 g/mol. The maximum atomic E-state index is 4.33. The van der Waals surface area contributed by atoms with Crippen LogP contribution in [0.25, 0.3) is 0 Å². The van der Waals surface area contributed by atoms with Crippen molar-refractivity contribution in [1.82, 2.24) is 9.97 Å². The maximum absolute atomic E-state index is 4.33. The van der Waals surface area contributed by atoms with E-state index in [4.69, 9.17) is 0 Å². The van der Waals surface area contributed by atoms with Crippen molar-refractivity contribution >= 4 is 21.7 Å². The second-order valence-electron chi connectivity index (χ2n) is 4.53. The maximum Gasteiger partial charge on any atom is 0.146 e. The lowest BCUT2D eigenvalue weighted by atomic mass is 9.87. The van der Waals surface area contributed by atoms with E-state index < -0.39 is 0 Å². The minimum atomic E-state index is 0.449. The number of nitrogens with zero attached hydrogens (tertiary/aromatic N) is 3.